The van der Waals surface area contributed by atoms with Gasteiger partial charge in [0.05, 0.1) is 19.3 Å². The van der Waals surface area contributed by atoms with Crippen molar-refractivity contribution in [1.29, 1.82) is 0 Å². The van der Waals surface area contributed by atoms with Crippen LogP contribution in [-0.2, 0) is 17.8 Å². The van der Waals surface area contributed by atoms with Crippen LogP contribution in [0.3, 0.4) is 0 Å². The average Bonchev–Trinajstić information content (AvgIpc) is 2.95. The minimum absolute atomic E-state index is 0.733. The third-order valence-electron chi connectivity index (χ3n) is 2.93. The van der Waals surface area contributed by atoms with Gasteiger partial charge in [-0.05, 0) is 28.9 Å². The average molecular weight is 344 g/mol. The Kier molecular flexibility index (Phi) is 5.57. The van der Waals surface area contributed by atoms with Crippen molar-refractivity contribution < 1.29 is 4.74 Å². The second-order valence-electron chi connectivity index (χ2n) is 4.31. The highest BCUT2D eigenvalue weighted by Crippen LogP contribution is 2.21. The number of aromatic nitrogens is 2. The minimum Gasteiger partial charge on any atom is -0.383 e. The molecule has 6 heteroatoms. The topological polar surface area (TPSA) is 39.1 Å². The summed E-state index contributed by atoms with van der Waals surface area (Å²) in [6.45, 7) is 5.38. The van der Waals surface area contributed by atoms with E-state index in [-0.39, 0.29) is 0 Å². The summed E-state index contributed by atoms with van der Waals surface area (Å²) in [5, 5.41) is 9.90. The summed E-state index contributed by atoms with van der Waals surface area (Å²) in [5.74, 6) is 0. The van der Waals surface area contributed by atoms with Crippen LogP contribution in [0.25, 0.3) is 0 Å². The summed E-state index contributed by atoms with van der Waals surface area (Å²) in [6, 6.07) is 2.14. The first kappa shape index (κ1) is 14.7. The van der Waals surface area contributed by atoms with Gasteiger partial charge in [-0.2, -0.15) is 5.10 Å². The number of hydrogen-bond acceptors (Lipinski definition) is 4. The first-order valence-electron chi connectivity index (χ1n) is 6.14. The van der Waals surface area contributed by atoms with Crippen molar-refractivity contribution in [3.05, 3.63) is 38.3 Å². The van der Waals surface area contributed by atoms with Crippen LogP contribution in [0.2, 0.25) is 0 Å². The lowest BCUT2D eigenvalue weighted by atomic mass is 10.2. The van der Waals surface area contributed by atoms with E-state index in [1.54, 1.807) is 18.4 Å². The minimum atomic E-state index is 0.733. The Morgan fingerprint density at radius 3 is 3.05 bits per heavy atom. The summed E-state index contributed by atoms with van der Waals surface area (Å²) >= 11 is 5.22. The van der Waals surface area contributed by atoms with Gasteiger partial charge in [-0.3, -0.25) is 4.68 Å². The fourth-order valence-corrected chi connectivity index (χ4v) is 3.23. The lowest BCUT2D eigenvalue weighted by Gasteiger charge is -2.05. The van der Waals surface area contributed by atoms with Crippen molar-refractivity contribution in [2.24, 2.45) is 0 Å². The second kappa shape index (κ2) is 7.19. The van der Waals surface area contributed by atoms with Crippen LogP contribution in [0.1, 0.15) is 16.1 Å². The lowest BCUT2D eigenvalue weighted by molar-refractivity contribution is 0.199. The zero-order valence-corrected chi connectivity index (χ0v) is 13.6. The molecular formula is C13H18BrN3OS. The van der Waals surface area contributed by atoms with Crippen LogP contribution in [-0.4, -0.2) is 30.0 Å². The Bertz CT molecular complexity index is 524. The van der Waals surface area contributed by atoms with E-state index in [0.29, 0.717) is 0 Å². The van der Waals surface area contributed by atoms with Gasteiger partial charge in [-0.1, -0.05) is 0 Å². The highest BCUT2D eigenvalue weighted by Gasteiger charge is 2.07. The van der Waals surface area contributed by atoms with Crippen molar-refractivity contribution in [3.8, 4) is 0 Å². The molecule has 0 aliphatic rings. The molecule has 0 atom stereocenters. The predicted octanol–water partition coefficient (Wildman–Crippen LogP) is 2.80. The third-order valence-corrected chi connectivity index (χ3v) is 4.61. The van der Waals surface area contributed by atoms with E-state index in [9.17, 15) is 0 Å². The third kappa shape index (κ3) is 4.14. The molecule has 0 unspecified atom stereocenters. The largest absolute Gasteiger partial charge is 0.383 e. The summed E-state index contributed by atoms with van der Waals surface area (Å²) in [5.41, 5.74) is 2.46. The summed E-state index contributed by atoms with van der Waals surface area (Å²) in [4.78, 5) is 1.30. The molecule has 19 heavy (non-hydrogen) atoms. The molecule has 0 bridgehead atoms. The van der Waals surface area contributed by atoms with E-state index in [0.717, 1.165) is 30.7 Å². The van der Waals surface area contributed by atoms with Gasteiger partial charge in [-0.25, -0.2) is 0 Å². The van der Waals surface area contributed by atoms with Crippen LogP contribution in [0, 0.1) is 6.92 Å². The number of rotatable bonds is 7. The molecule has 0 spiro atoms. The Morgan fingerprint density at radius 1 is 1.53 bits per heavy atom. The number of nitrogens with zero attached hydrogens (tertiary/aromatic N) is 2. The molecule has 0 saturated carbocycles. The number of methoxy groups -OCH3 is 1. The Balaban J connectivity index is 1.94. The summed E-state index contributed by atoms with van der Waals surface area (Å²) < 4.78 is 8.20. The highest BCUT2D eigenvalue weighted by atomic mass is 79.9. The first-order valence-corrected chi connectivity index (χ1v) is 7.82. The van der Waals surface area contributed by atoms with Crippen LogP contribution in [0.4, 0.5) is 0 Å². The normalized spacial score (nSPS) is 11.1. The zero-order valence-electron chi connectivity index (χ0n) is 11.1. The molecule has 0 aromatic carbocycles. The zero-order chi connectivity index (χ0) is 13.7. The molecule has 2 aromatic rings. The molecule has 104 valence electrons. The van der Waals surface area contributed by atoms with E-state index in [2.05, 4.69) is 44.7 Å². The monoisotopic (exact) mass is 343 g/mol. The fourth-order valence-electron chi connectivity index (χ4n) is 1.80. The van der Waals surface area contributed by atoms with Crippen LogP contribution < -0.4 is 5.32 Å². The van der Waals surface area contributed by atoms with Crippen LogP contribution >= 0.6 is 27.3 Å². The van der Waals surface area contributed by atoms with Gasteiger partial charge >= 0.3 is 0 Å². The maximum absolute atomic E-state index is 5.01. The number of ether oxygens (including phenoxy) is 1. The van der Waals surface area contributed by atoms with Gasteiger partial charge in [0.15, 0.2) is 0 Å². The van der Waals surface area contributed by atoms with Crippen molar-refractivity contribution in [3.63, 3.8) is 0 Å². The van der Waals surface area contributed by atoms with Gasteiger partial charge in [-0.15, -0.1) is 11.3 Å². The van der Waals surface area contributed by atoms with Crippen molar-refractivity contribution in [2.45, 2.75) is 20.0 Å². The van der Waals surface area contributed by atoms with Gasteiger partial charge in [0.25, 0.3) is 0 Å². The maximum atomic E-state index is 5.01. The SMILES string of the molecule is COCCNCc1cnn(Cc2cc(Br)cs2)c1C. The molecular weight excluding hydrogens is 326 g/mol. The van der Waals surface area contributed by atoms with E-state index in [4.69, 9.17) is 4.74 Å². The van der Waals surface area contributed by atoms with Crippen molar-refractivity contribution in [1.82, 2.24) is 15.1 Å². The summed E-state index contributed by atoms with van der Waals surface area (Å²) in [6.07, 6.45) is 1.94. The van der Waals surface area contributed by atoms with E-state index >= 15 is 0 Å². The molecule has 0 fully saturated rings. The number of hydrogen-bond donors (Lipinski definition) is 1. The molecule has 0 aliphatic heterocycles. The molecule has 2 aromatic heterocycles. The molecule has 1 N–H and O–H groups in total. The Labute approximate surface area is 125 Å². The lowest BCUT2D eigenvalue weighted by Crippen LogP contribution is -2.18. The van der Waals surface area contributed by atoms with Crippen LogP contribution in [0.5, 0.6) is 0 Å². The molecule has 2 rings (SSSR count). The van der Waals surface area contributed by atoms with Gasteiger partial charge in [0, 0.05) is 46.2 Å². The fraction of sp³-hybridized carbons (Fsp3) is 0.462. The smallest absolute Gasteiger partial charge is 0.0755 e. The molecule has 0 saturated heterocycles. The van der Waals surface area contributed by atoms with E-state index < -0.39 is 0 Å². The summed E-state index contributed by atoms with van der Waals surface area (Å²) in [7, 11) is 1.71. The van der Waals surface area contributed by atoms with E-state index in [1.165, 1.54) is 16.1 Å². The number of thiophene rings is 1. The van der Waals surface area contributed by atoms with E-state index in [1.807, 2.05) is 10.9 Å². The van der Waals surface area contributed by atoms with Gasteiger partial charge in [0.2, 0.25) is 0 Å². The van der Waals surface area contributed by atoms with Gasteiger partial charge < -0.3 is 10.1 Å². The van der Waals surface area contributed by atoms with Gasteiger partial charge in [0.1, 0.15) is 0 Å². The second-order valence-corrected chi connectivity index (χ2v) is 6.23. The highest BCUT2D eigenvalue weighted by molar-refractivity contribution is 9.10. The standard InChI is InChI=1S/C13H18BrN3OS/c1-10-11(6-15-3-4-18-2)7-16-17(10)8-13-5-12(14)9-19-13/h5,7,9,15H,3-4,6,8H2,1-2H3. The molecule has 0 aliphatic carbocycles. The van der Waals surface area contributed by atoms with Crippen LogP contribution in [0.15, 0.2) is 22.1 Å². The molecule has 4 nitrogen and oxygen atoms in total. The molecule has 0 amide bonds. The Hall–Kier alpha value is -0.690. The predicted molar refractivity (Wildman–Crippen MR) is 81.7 cm³/mol. The number of nitrogens with one attached hydrogen (secondary N) is 1. The number of halogens is 1. The Morgan fingerprint density at radius 2 is 2.37 bits per heavy atom. The molecule has 0 radical (unpaired) electrons. The van der Waals surface area contributed by atoms with Crippen molar-refractivity contribution >= 4 is 27.3 Å². The molecule has 2 heterocycles. The maximum Gasteiger partial charge on any atom is 0.0755 e. The van der Waals surface area contributed by atoms with Crippen molar-refractivity contribution in [2.75, 3.05) is 20.3 Å². The first-order chi connectivity index (χ1) is 9.20. The quantitative estimate of drug-likeness (QED) is 0.785.